The number of likely N-dealkylation sites (tertiary alicyclic amines) is 1. The van der Waals surface area contributed by atoms with E-state index in [1.54, 1.807) is 12.1 Å². The van der Waals surface area contributed by atoms with E-state index in [1.807, 2.05) is 23.1 Å². The zero-order valence-electron chi connectivity index (χ0n) is 13.0. The third kappa shape index (κ3) is 4.55. The second-order valence-electron chi connectivity index (χ2n) is 6.17. The van der Waals surface area contributed by atoms with Gasteiger partial charge < -0.3 is 15.3 Å². The van der Waals surface area contributed by atoms with E-state index in [0.29, 0.717) is 17.5 Å². The number of aliphatic hydroxyl groups excluding tert-OH is 1. The predicted octanol–water partition coefficient (Wildman–Crippen LogP) is 1.96. The summed E-state index contributed by atoms with van der Waals surface area (Å²) in [5.41, 5.74) is 0.671. The average molecular weight is 290 g/mol. The van der Waals surface area contributed by atoms with Gasteiger partial charge in [0.2, 0.25) is 0 Å². The van der Waals surface area contributed by atoms with Crippen molar-refractivity contribution in [3.63, 3.8) is 0 Å². The molecule has 1 aliphatic rings. The zero-order valence-corrected chi connectivity index (χ0v) is 13.0. The first kappa shape index (κ1) is 16.0. The van der Waals surface area contributed by atoms with Crippen LogP contribution in [0.25, 0.3) is 0 Å². The number of rotatable bonds is 5. The van der Waals surface area contributed by atoms with Gasteiger partial charge in [0.1, 0.15) is 0 Å². The van der Waals surface area contributed by atoms with Crippen LogP contribution < -0.4 is 5.32 Å². The van der Waals surface area contributed by atoms with Crippen molar-refractivity contribution in [1.29, 1.82) is 0 Å². The molecule has 2 rings (SSSR count). The third-order valence-electron chi connectivity index (χ3n) is 3.99. The average Bonchev–Trinajstić information content (AvgIpc) is 2.52. The molecule has 1 saturated heterocycles. The van der Waals surface area contributed by atoms with E-state index in [-0.39, 0.29) is 5.91 Å². The highest BCUT2D eigenvalue weighted by Crippen LogP contribution is 2.21. The van der Waals surface area contributed by atoms with E-state index in [9.17, 15) is 9.90 Å². The van der Waals surface area contributed by atoms with Crippen LogP contribution in [-0.4, -0.2) is 41.6 Å². The number of hydrogen-bond donors (Lipinski definition) is 2. The Balaban J connectivity index is 1.92. The van der Waals surface area contributed by atoms with Gasteiger partial charge >= 0.3 is 0 Å². The van der Waals surface area contributed by atoms with Crippen molar-refractivity contribution in [3.05, 3.63) is 35.9 Å². The topological polar surface area (TPSA) is 52.6 Å². The minimum atomic E-state index is -1.04. The summed E-state index contributed by atoms with van der Waals surface area (Å²) in [6.07, 6.45) is 1.12. The molecule has 0 aromatic heterocycles. The predicted molar refractivity (Wildman–Crippen MR) is 83.8 cm³/mol. The van der Waals surface area contributed by atoms with Gasteiger partial charge in [-0.15, -0.1) is 0 Å². The van der Waals surface area contributed by atoms with E-state index in [2.05, 4.69) is 19.2 Å². The fourth-order valence-corrected chi connectivity index (χ4v) is 2.79. The van der Waals surface area contributed by atoms with Gasteiger partial charge in [-0.25, -0.2) is 0 Å². The van der Waals surface area contributed by atoms with Gasteiger partial charge in [0.25, 0.3) is 5.91 Å². The maximum absolute atomic E-state index is 12.4. The molecule has 1 fully saturated rings. The number of piperidine rings is 1. The Morgan fingerprint density at radius 3 is 2.76 bits per heavy atom. The van der Waals surface area contributed by atoms with Crippen LogP contribution in [0.5, 0.6) is 0 Å². The second kappa shape index (κ2) is 7.57. The molecule has 21 heavy (non-hydrogen) atoms. The molecular formula is C17H26N2O2. The SMILES string of the molecule is CC(C)NCC1CCCN(C(=O)C(O)c2ccccc2)C1. The monoisotopic (exact) mass is 290 g/mol. The van der Waals surface area contributed by atoms with Crippen LogP contribution in [0.3, 0.4) is 0 Å². The number of hydrogen-bond acceptors (Lipinski definition) is 3. The number of nitrogens with one attached hydrogen (secondary N) is 1. The molecule has 2 unspecified atom stereocenters. The molecule has 1 aromatic carbocycles. The first-order chi connectivity index (χ1) is 10.1. The molecule has 1 amide bonds. The summed E-state index contributed by atoms with van der Waals surface area (Å²) in [7, 11) is 0. The van der Waals surface area contributed by atoms with E-state index in [1.165, 1.54) is 0 Å². The summed E-state index contributed by atoms with van der Waals surface area (Å²) < 4.78 is 0. The molecule has 116 valence electrons. The Hall–Kier alpha value is -1.39. The number of carbonyl (C=O) groups is 1. The molecule has 0 saturated carbocycles. The highest BCUT2D eigenvalue weighted by atomic mass is 16.3. The number of aliphatic hydroxyl groups is 1. The lowest BCUT2D eigenvalue weighted by Crippen LogP contribution is -2.45. The van der Waals surface area contributed by atoms with Crippen molar-refractivity contribution in [2.45, 2.75) is 38.8 Å². The molecule has 2 N–H and O–H groups in total. The number of nitrogens with zero attached hydrogens (tertiary/aromatic N) is 1. The molecule has 4 nitrogen and oxygen atoms in total. The smallest absolute Gasteiger partial charge is 0.256 e. The quantitative estimate of drug-likeness (QED) is 0.871. The minimum absolute atomic E-state index is 0.171. The van der Waals surface area contributed by atoms with Crippen molar-refractivity contribution >= 4 is 5.91 Å². The van der Waals surface area contributed by atoms with Gasteiger partial charge in [-0.3, -0.25) is 4.79 Å². The minimum Gasteiger partial charge on any atom is -0.378 e. The maximum Gasteiger partial charge on any atom is 0.256 e. The summed E-state index contributed by atoms with van der Waals surface area (Å²) in [5.74, 6) is 0.309. The van der Waals surface area contributed by atoms with Crippen LogP contribution in [0.4, 0.5) is 0 Å². The summed E-state index contributed by atoms with van der Waals surface area (Å²) in [4.78, 5) is 14.3. The van der Waals surface area contributed by atoms with Crippen molar-refractivity contribution in [2.24, 2.45) is 5.92 Å². The lowest BCUT2D eigenvalue weighted by Gasteiger charge is -2.34. The van der Waals surface area contributed by atoms with E-state index >= 15 is 0 Å². The Morgan fingerprint density at radius 2 is 2.10 bits per heavy atom. The largest absolute Gasteiger partial charge is 0.378 e. The highest BCUT2D eigenvalue weighted by molar-refractivity contribution is 5.82. The molecule has 0 radical (unpaired) electrons. The summed E-state index contributed by atoms with van der Waals surface area (Å²) >= 11 is 0. The van der Waals surface area contributed by atoms with E-state index < -0.39 is 6.10 Å². The standard InChI is InChI=1S/C17H26N2O2/c1-13(2)18-11-14-7-6-10-19(12-14)17(21)16(20)15-8-4-3-5-9-15/h3-5,8-9,13-14,16,18,20H,6-7,10-12H2,1-2H3. The molecule has 0 spiro atoms. The molecule has 1 aromatic rings. The lowest BCUT2D eigenvalue weighted by atomic mass is 9.96. The third-order valence-corrected chi connectivity index (χ3v) is 3.99. The molecule has 2 atom stereocenters. The molecule has 0 bridgehead atoms. The van der Waals surface area contributed by atoms with Crippen molar-refractivity contribution in [2.75, 3.05) is 19.6 Å². The summed E-state index contributed by atoms with van der Waals surface area (Å²) in [5, 5.41) is 13.7. The Bertz CT molecular complexity index is 447. The van der Waals surface area contributed by atoms with Crippen molar-refractivity contribution in [1.82, 2.24) is 10.2 Å². The van der Waals surface area contributed by atoms with Gasteiger partial charge in [0, 0.05) is 19.1 Å². The first-order valence-electron chi connectivity index (χ1n) is 7.83. The van der Waals surface area contributed by atoms with Crippen molar-refractivity contribution < 1.29 is 9.90 Å². The fraction of sp³-hybridized carbons (Fsp3) is 0.588. The number of amides is 1. The maximum atomic E-state index is 12.4. The number of benzene rings is 1. The molecular weight excluding hydrogens is 264 g/mol. The van der Waals surface area contributed by atoms with Crippen LogP contribution >= 0.6 is 0 Å². The Labute approximate surface area is 127 Å². The van der Waals surface area contributed by atoms with Crippen LogP contribution in [0, 0.1) is 5.92 Å². The fourth-order valence-electron chi connectivity index (χ4n) is 2.79. The normalized spacial score (nSPS) is 20.6. The van der Waals surface area contributed by atoms with Crippen LogP contribution in [0.2, 0.25) is 0 Å². The molecule has 4 heteroatoms. The zero-order chi connectivity index (χ0) is 15.2. The molecule has 1 aliphatic heterocycles. The Morgan fingerprint density at radius 1 is 1.38 bits per heavy atom. The van der Waals surface area contributed by atoms with Gasteiger partial charge in [-0.2, -0.15) is 0 Å². The number of carbonyl (C=O) groups excluding carboxylic acids is 1. The lowest BCUT2D eigenvalue weighted by molar-refractivity contribution is -0.142. The summed E-state index contributed by atoms with van der Waals surface area (Å²) in [6.45, 7) is 6.68. The Kier molecular flexibility index (Phi) is 5.76. The van der Waals surface area contributed by atoms with Crippen LogP contribution in [0.1, 0.15) is 38.4 Å². The highest BCUT2D eigenvalue weighted by Gasteiger charge is 2.28. The van der Waals surface area contributed by atoms with Crippen molar-refractivity contribution in [3.8, 4) is 0 Å². The second-order valence-corrected chi connectivity index (χ2v) is 6.17. The van der Waals surface area contributed by atoms with Gasteiger partial charge in [0.05, 0.1) is 0 Å². The molecule has 0 aliphatic carbocycles. The van der Waals surface area contributed by atoms with Gasteiger partial charge in [-0.05, 0) is 30.9 Å². The van der Waals surface area contributed by atoms with Crippen LogP contribution in [0.15, 0.2) is 30.3 Å². The van der Waals surface area contributed by atoms with Gasteiger partial charge in [0.15, 0.2) is 6.10 Å². The van der Waals surface area contributed by atoms with Crippen LogP contribution in [-0.2, 0) is 4.79 Å². The first-order valence-corrected chi connectivity index (χ1v) is 7.83. The summed E-state index contributed by atoms with van der Waals surface area (Å²) in [6, 6.07) is 9.63. The van der Waals surface area contributed by atoms with E-state index in [0.717, 1.165) is 32.5 Å². The molecule has 1 heterocycles. The van der Waals surface area contributed by atoms with E-state index in [4.69, 9.17) is 0 Å². The van der Waals surface area contributed by atoms with Gasteiger partial charge in [-0.1, -0.05) is 44.2 Å².